The van der Waals surface area contributed by atoms with Crippen molar-refractivity contribution < 1.29 is 4.84 Å². The van der Waals surface area contributed by atoms with Crippen molar-refractivity contribution in [1.29, 1.82) is 0 Å². The molecule has 1 unspecified atom stereocenters. The Kier molecular flexibility index (Phi) is 3.39. The predicted octanol–water partition coefficient (Wildman–Crippen LogP) is 5.24. The minimum Gasteiger partial charge on any atom is -0.379 e. The molecule has 4 aromatic rings. The summed E-state index contributed by atoms with van der Waals surface area (Å²) in [5.74, 6) is 0. The Balaban J connectivity index is 1.67. The number of H-pyrrole nitrogens is 1. The number of oxime groups is 1. The summed E-state index contributed by atoms with van der Waals surface area (Å²) < 4.78 is 0. The summed E-state index contributed by atoms with van der Waals surface area (Å²) in [5, 5.41) is 5.67. The molecular weight excluding hydrogens is 320 g/mol. The van der Waals surface area contributed by atoms with E-state index in [2.05, 4.69) is 70.9 Å². The Morgan fingerprint density at radius 2 is 1.50 bits per heavy atom. The fraction of sp³-hybridized carbons (Fsp3) is 0.0870. The van der Waals surface area contributed by atoms with Gasteiger partial charge in [0.05, 0.1) is 5.71 Å². The molecule has 0 saturated heterocycles. The number of rotatable bonds is 3. The zero-order chi connectivity index (χ0) is 17.4. The fourth-order valence-corrected chi connectivity index (χ4v) is 3.79. The van der Waals surface area contributed by atoms with Gasteiger partial charge in [0, 0.05) is 34.6 Å². The molecule has 1 atom stereocenters. The van der Waals surface area contributed by atoms with Gasteiger partial charge in [-0.3, -0.25) is 0 Å². The largest absolute Gasteiger partial charge is 0.379 e. The lowest BCUT2D eigenvalue weighted by Crippen LogP contribution is -2.27. The van der Waals surface area contributed by atoms with E-state index in [0.717, 1.165) is 27.9 Å². The molecule has 5 rings (SSSR count). The number of aromatic nitrogens is 1. The fourth-order valence-electron chi connectivity index (χ4n) is 3.79. The maximum Gasteiger partial charge on any atom is 0.195 e. The molecule has 3 nitrogen and oxygen atoms in total. The molecule has 3 heteroatoms. The summed E-state index contributed by atoms with van der Waals surface area (Å²) in [6.45, 7) is 0. The predicted molar refractivity (Wildman–Crippen MR) is 104 cm³/mol. The van der Waals surface area contributed by atoms with E-state index in [-0.39, 0.29) is 0 Å². The first kappa shape index (κ1) is 15.0. The Morgan fingerprint density at radius 1 is 0.808 bits per heavy atom. The lowest BCUT2D eigenvalue weighted by atomic mass is 9.81. The van der Waals surface area contributed by atoms with Crippen LogP contribution in [-0.2, 0) is 10.4 Å². The van der Waals surface area contributed by atoms with E-state index in [4.69, 9.17) is 4.84 Å². The van der Waals surface area contributed by atoms with Crippen LogP contribution in [0.5, 0.6) is 0 Å². The van der Waals surface area contributed by atoms with Gasteiger partial charge in [0.1, 0.15) is 0 Å². The van der Waals surface area contributed by atoms with Crippen LogP contribution < -0.4 is 0 Å². The second-order valence-electron chi connectivity index (χ2n) is 6.61. The lowest BCUT2D eigenvalue weighted by Gasteiger charge is -2.27. The summed E-state index contributed by atoms with van der Waals surface area (Å²) >= 11 is 0. The van der Waals surface area contributed by atoms with Crippen LogP contribution in [0.15, 0.2) is 96.3 Å². The van der Waals surface area contributed by atoms with Crippen LogP contribution in [0.4, 0.5) is 0 Å². The first-order valence-electron chi connectivity index (χ1n) is 8.79. The molecule has 126 valence electrons. The molecule has 0 spiro atoms. The number of benzene rings is 3. The second-order valence-corrected chi connectivity index (χ2v) is 6.61. The number of hydrogen-bond acceptors (Lipinski definition) is 2. The molecule has 0 amide bonds. The van der Waals surface area contributed by atoms with E-state index >= 15 is 0 Å². The van der Waals surface area contributed by atoms with Gasteiger partial charge in [0.2, 0.25) is 0 Å². The Bertz CT molecular complexity index is 1080. The summed E-state index contributed by atoms with van der Waals surface area (Å²) in [4.78, 5) is 9.60. The molecule has 2 heterocycles. The highest BCUT2D eigenvalue weighted by Gasteiger charge is 2.44. The third kappa shape index (κ3) is 2.25. The summed E-state index contributed by atoms with van der Waals surface area (Å²) in [6, 6.07) is 28.9. The number of nitrogens with zero attached hydrogens (tertiary/aromatic N) is 1. The van der Waals surface area contributed by atoms with E-state index in [1.54, 1.807) is 0 Å². The van der Waals surface area contributed by atoms with E-state index in [0.29, 0.717) is 6.42 Å². The zero-order valence-electron chi connectivity index (χ0n) is 14.2. The van der Waals surface area contributed by atoms with Crippen molar-refractivity contribution in [3.8, 4) is 0 Å². The Labute approximate surface area is 151 Å². The van der Waals surface area contributed by atoms with Gasteiger partial charge in [-0.15, -0.1) is 0 Å². The highest BCUT2D eigenvalue weighted by molar-refractivity contribution is 6.02. The van der Waals surface area contributed by atoms with Crippen LogP contribution in [0, 0.1) is 0 Å². The Morgan fingerprint density at radius 3 is 2.31 bits per heavy atom. The van der Waals surface area contributed by atoms with Crippen molar-refractivity contribution in [1.82, 2.24) is 4.98 Å². The molecule has 0 saturated carbocycles. The van der Waals surface area contributed by atoms with E-state index < -0.39 is 5.60 Å². The van der Waals surface area contributed by atoms with E-state index in [1.165, 1.54) is 5.39 Å². The molecule has 26 heavy (non-hydrogen) atoms. The Hall–Kier alpha value is -3.33. The highest BCUT2D eigenvalue weighted by atomic mass is 16.7. The van der Waals surface area contributed by atoms with Crippen molar-refractivity contribution in [2.75, 3.05) is 0 Å². The van der Waals surface area contributed by atoms with Crippen molar-refractivity contribution >= 4 is 16.6 Å². The standard InChI is InChI=1S/C23H18N2O/c1-3-9-17(10-4-1)22-15-23(26-25-22,18-11-5-2-6-12-18)20-16-24-21-14-8-7-13-19(20)21/h1-14,16,24H,15H2. The molecule has 0 aliphatic carbocycles. The maximum absolute atomic E-state index is 6.21. The molecule has 0 radical (unpaired) electrons. The van der Waals surface area contributed by atoms with Gasteiger partial charge in [0.25, 0.3) is 0 Å². The van der Waals surface area contributed by atoms with Crippen LogP contribution in [0.2, 0.25) is 0 Å². The third-order valence-corrected chi connectivity index (χ3v) is 5.10. The number of nitrogens with one attached hydrogen (secondary N) is 1. The van der Waals surface area contributed by atoms with Gasteiger partial charge < -0.3 is 9.82 Å². The van der Waals surface area contributed by atoms with Crippen molar-refractivity contribution in [3.05, 3.63) is 108 Å². The number of aromatic amines is 1. The average molecular weight is 338 g/mol. The minimum absolute atomic E-state index is 0.619. The second kappa shape index (κ2) is 5.88. The quantitative estimate of drug-likeness (QED) is 0.545. The zero-order valence-corrected chi connectivity index (χ0v) is 14.2. The number of fused-ring (bicyclic) bond motifs is 1. The van der Waals surface area contributed by atoms with Crippen LogP contribution in [0.3, 0.4) is 0 Å². The monoisotopic (exact) mass is 338 g/mol. The topological polar surface area (TPSA) is 37.4 Å². The van der Waals surface area contributed by atoms with Gasteiger partial charge >= 0.3 is 0 Å². The van der Waals surface area contributed by atoms with Crippen LogP contribution in [0.25, 0.3) is 10.9 Å². The SMILES string of the molecule is c1ccc(C2=NOC(c3ccccc3)(c3c[nH]c4ccccc34)C2)cc1. The first-order chi connectivity index (χ1) is 12.9. The number of hydrogen-bond donors (Lipinski definition) is 1. The molecule has 1 aliphatic rings. The van der Waals surface area contributed by atoms with Crippen LogP contribution in [0.1, 0.15) is 23.1 Å². The smallest absolute Gasteiger partial charge is 0.195 e. The maximum atomic E-state index is 6.21. The van der Waals surface area contributed by atoms with Gasteiger partial charge in [-0.2, -0.15) is 0 Å². The van der Waals surface area contributed by atoms with Gasteiger partial charge in [-0.25, -0.2) is 0 Å². The van der Waals surface area contributed by atoms with Crippen molar-refractivity contribution in [2.24, 2.45) is 5.16 Å². The van der Waals surface area contributed by atoms with Crippen molar-refractivity contribution in [2.45, 2.75) is 12.0 Å². The molecule has 0 fully saturated rings. The normalized spacial score (nSPS) is 19.3. The molecule has 0 bridgehead atoms. The van der Waals surface area contributed by atoms with Crippen LogP contribution >= 0.6 is 0 Å². The highest BCUT2D eigenvalue weighted by Crippen LogP contribution is 2.44. The number of para-hydroxylation sites is 1. The lowest BCUT2D eigenvalue weighted by molar-refractivity contribution is 0.0124. The summed E-state index contributed by atoms with van der Waals surface area (Å²) in [7, 11) is 0. The van der Waals surface area contributed by atoms with E-state index in [1.807, 2.05) is 30.3 Å². The molecule has 3 aromatic carbocycles. The van der Waals surface area contributed by atoms with Crippen molar-refractivity contribution in [3.63, 3.8) is 0 Å². The van der Waals surface area contributed by atoms with Gasteiger partial charge in [-0.1, -0.05) is 84.0 Å². The third-order valence-electron chi connectivity index (χ3n) is 5.10. The van der Waals surface area contributed by atoms with Crippen LogP contribution in [-0.4, -0.2) is 10.7 Å². The first-order valence-corrected chi connectivity index (χ1v) is 8.79. The molecular formula is C23H18N2O. The average Bonchev–Trinajstić information content (AvgIpc) is 3.35. The molecule has 1 aliphatic heterocycles. The van der Waals surface area contributed by atoms with Gasteiger partial charge in [0.15, 0.2) is 5.60 Å². The molecule has 1 aromatic heterocycles. The molecule has 1 N–H and O–H groups in total. The summed E-state index contributed by atoms with van der Waals surface area (Å²) in [5.41, 5.74) is 4.79. The van der Waals surface area contributed by atoms with E-state index in [9.17, 15) is 0 Å². The van der Waals surface area contributed by atoms with Gasteiger partial charge in [-0.05, 0) is 11.6 Å². The minimum atomic E-state index is -0.619. The summed E-state index contributed by atoms with van der Waals surface area (Å²) in [6.07, 6.45) is 2.75.